The fourth-order valence-corrected chi connectivity index (χ4v) is 1.57. The maximum atomic E-state index is 2.23. The third kappa shape index (κ3) is 2.58. The molecule has 1 rings (SSSR count). The van der Waals surface area contributed by atoms with E-state index in [2.05, 4.69) is 37.7 Å². The van der Waals surface area contributed by atoms with Crippen LogP contribution in [0.15, 0.2) is 22.5 Å². The zero-order chi connectivity index (χ0) is 6.91. The smallest absolute Gasteiger partial charge is 0.583 e. The molecule has 1 aliphatic rings. The van der Waals surface area contributed by atoms with E-state index in [9.17, 15) is 0 Å². The Morgan fingerprint density at radius 2 is 1.90 bits per heavy atom. The van der Waals surface area contributed by atoms with Crippen molar-refractivity contribution in [2.45, 2.75) is 20.8 Å². The van der Waals surface area contributed by atoms with Crippen molar-refractivity contribution in [2.24, 2.45) is 5.41 Å². The summed E-state index contributed by atoms with van der Waals surface area (Å²) >= 11 is 1.77. The number of allylic oxidation sites excluding steroid dienone is 2. The second-order valence-corrected chi connectivity index (χ2v) is 4.04. The molecule has 0 spiro atoms. The molecule has 0 fully saturated rings. The Morgan fingerprint density at radius 3 is 2.10 bits per heavy atom. The van der Waals surface area contributed by atoms with Gasteiger partial charge in [0.15, 0.2) is 0 Å². The molecule has 0 saturated heterocycles. The molecule has 0 saturated carbocycles. The summed E-state index contributed by atoms with van der Waals surface area (Å²) < 4.78 is 0. The second-order valence-electron chi connectivity index (χ2n) is 3.26. The van der Waals surface area contributed by atoms with Gasteiger partial charge in [-0.05, 0) is 5.41 Å². The van der Waals surface area contributed by atoms with Crippen LogP contribution in [0.25, 0.3) is 0 Å². The van der Waals surface area contributed by atoms with E-state index in [0.29, 0.717) is 5.41 Å². The summed E-state index contributed by atoms with van der Waals surface area (Å²) in [5.41, 5.74) is 1.77. The van der Waals surface area contributed by atoms with Crippen molar-refractivity contribution in [1.82, 2.24) is 0 Å². The zero-order valence-corrected chi connectivity index (χ0v) is 7.96. The van der Waals surface area contributed by atoms with Crippen molar-refractivity contribution < 1.29 is 18.9 Å². The average Bonchev–Trinajstić information content (AvgIpc) is 2.08. The molecule has 1 aliphatic heterocycles. The van der Waals surface area contributed by atoms with Gasteiger partial charge in [0.05, 0.1) is 0 Å². The Kier molecular flexibility index (Phi) is 3.87. The maximum absolute atomic E-state index is 2.23. The minimum atomic E-state index is 0. The minimum absolute atomic E-state index is 0. The largest absolute Gasteiger partial charge is 1.00 e. The molecular formula is C8H12LiS. The van der Waals surface area contributed by atoms with Gasteiger partial charge in [0.2, 0.25) is 0 Å². The summed E-state index contributed by atoms with van der Waals surface area (Å²) in [6.07, 6.45) is 2.19. The molecule has 0 aliphatic carbocycles. The van der Waals surface area contributed by atoms with E-state index in [1.54, 1.807) is 11.8 Å². The first kappa shape index (κ1) is 10.4. The van der Waals surface area contributed by atoms with Gasteiger partial charge in [0.1, 0.15) is 0 Å². The topological polar surface area (TPSA) is 0 Å². The normalized spacial score (nSPS) is 16.5. The Labute approximate surface area is 79.3 Å². The van der Waals surface area contributed by atoms with Crippen LogP contribution in [0.4, 0.5) is 0 Å². The molecule has 0 N–H and O–H groups in total. The first-order valence-corrected chi connectivity index (χ1v) is 4.07. The van der Waals surface area contributed by atoms with E-state index in [1.165, 1.54) is 5.57 Å². The molecule has 0 atom stereocenters. The Hall–Kier alpha value is 0.427. The molecule has 2 heteroatoms. The van der Waals surface area contributed by atoms with Gasteiger partial charge < -0.3 is 11.8 Å². The van der Waals surface area contributed by atoms with E-state index >= 15 is 0 Å². The maximum Gasteiger partial charge on any atom is 1.00 e. The van der Waals surface area contributed by atoms with Gasteiger partial charge in [-0.2, -0.15) is 0 Å². The summed E-state index contributed by atoms with van der Waals surface area (Å²) in [7, 11) is 0. The summed E-state index contributed by atoms with van der Waals surface area (Å²) in [5, 5.41) is 4.33. The summed E-state index contributed by atoms with van der Waals surface area (Å²) in [6, 6.07) is 0. The molecule has 1 heterocycles. The van der Waals surface area contributed by atoms with Crippen molar-refractivity contribution in [3.63, 3.8) is 0 Å². The Morgan fingerprint density at radius 1 is 1.30 bits per heavy atom. The first-order valence-electron chi connectivity index (χ1n) is 3.13. The van der Waals surface area contributed by atoms with Crippen molar-refractivity contribution in [3.05, 3.63) is 22.5 Å². The van der Waals surface area contributed by atoms with Gasteiger partial charge in [-0.15, -0.1) is 0 Å². The van der Waals surface area contributed by atoms with Crippen molar-refractivity contribution >= 4 is 11.8 Å². The third-order valence-corrected chi connectivity index (χ3v) is 2.07. The molecule has 0 bridgehead atoms. The van der Waals surface area contributed by atoms with Crippen LogP contribution in [0.5, 0.6) is 0 Å². The molecule has 0 aromatic heterocycles. The van der Waals surface area contributed by atoms with Gasteiger partial charge in [-0.25, -0.2) is 10.8 Å². The van der Waals surface area contributed by atoms with E-state index < -0.39 is 0 Å². The molecular weight excluding hydrogens is 135 g/mol. The standard InChI is InChI=1S/C8H12S.Li/c1-8(2,3)7-4-5-9-6-7;/h4-6H,1-3H3;/q-1;+1. The average molecular weight is 147 g/mol. The fraction of sp³-hybridized carbons (Fsp3) is 0.500. The minimum Gasteiger partial charge on any atom is -0.583 e. The molecule has 10 heavy (non-hydrogen) atoms. The molecule has 51 valence electrons. The van der Waals surface area contributed by atoms with Gasteiger partial charge in [0.25, 0.3) is 0 Å². The molecule has 1 radical (unpaired) electrons. The third-order valence-electron chi connectivity index (χ3n) is 1.39. The van der Waals surface area contributed by atoms with Crippen LogP contribution in [0, 0.1) is 5.41 Å². The van der Waals surface area contributed by atoms with Crippen molar-refractivity contribution in [3.8, 4) is 0 Å². The van der Waals surface area contributed by atoms with E-state index in [1.807, 2.05) is 0 Å². The molecule has 0 unspecified atom stereocenters. The van der Waals surface area contributed by atoms with Crippen LogP contribution in [0.1, 0.15) is 20.8 Å². The quantitative estimate of drug-likeness (QED) is 0.330. The number of hydrogen-bond acceptors (Lipinski definition) is 1. The number of rotatable bonds is 0. The Balaban J connectivity index is 0.000000810. The molecule has 0 amide bonds. The SMILES string of the molecule is CC(C)(C)C1=C[S-]C=C1.[Li+]. The summed E-state index contributed by atoms with van der Waals surface area (Å²) in [4.78, 5) is 0. The summed E-state index contributed by atoms with van der Waals surface area (Å²) in [6.45, 7) is 6.69. The Bertz CT molecular complexity index is 163. The summed E-state index contributed by atoms with van der Waals surface area (Å²) in [5.74, 6) is 0. The van der Waals surface area contributed by atoms with Crippen LogP contribution in [-0.4, -0.2) is 0 Å². The van der Waals surface area contributed by atoms with Gasteiger partial charge in [0, 0.05) is 0 Å². The first-order chi connectivity index (χ1) is 4.11. The van der Waals surface area contributed by atoms with E-state index in [0.717, 1.165) is 0 Å². The van der Waals surface area contributed by atoms with Crippen LogP contribution >= 0.6 is 0 Å². The molecule has 0 aromatic carbocycles. The van der Waals surface area contributed by atoms with Crippen molar-refractivity contribution in [2.75, 3.05) is 0 Å². The molecule has 0 aromatic rings. The number of thioether (sulfide) groups is 1. The number of hydrogen-bond donors (Lipinski definition) is 0. The van der Waals surface area contributed by atoms with Crippen LogP contribution in [0.3, 0.4) is 0 Å². The monoisotopic (exact) mass is 147 g/mol. The van der Waals surface area contributed by atoms with E-state index in [-0.39, 0.29) is 18.9 Å². The second kappa shape index (κ2) is 3.71. The fourth-order valence-electron chi connectivity index (χ4n) is 0.691. The predicted octanol–water partition coefficient (Wildman–Crippen LogP) is -0.470. The van der Waals surface area contributed by atoms with Gasteiger partial charge in [-0.1, -0.05) is 32.4 Å². The van der Waals surface area contributed by atoms with Crippen LogP contribution < -0.4 is 18.9 Å². The van der Waals surface area contributed by atoms with Gasteiger partial charge >= 0.3 is 18.9 Å². The van der Waals surface area contributed by atoms with Gasteiger partial charge in [-0.3, -0.25) is 0 Å². The van der Waals surface area contributed by atoms with Crippen LogP contribution in [0.2, 0.25) is 0 Å². The van der Waals surface area contributed by atoms with Crippen LogP contribution in [-0.2, 0) is 11.8 Å². The zero-order valence-electron chi connectivity index (χ0n) is 7.14. The predicted molar refractivity (Wildman–Crippen MR) is 44.0 cm³/mol. The van der Waals surface area contributed by atoms with Crippen molar-refractivity contribution in [1.29, 1.82) is 0 Å². The van der Waals surface area contributed by atoms with E-state index in [4.69, 9.17) is 0 Å². The molecule has 0 nitrogen and oxygen atoms in total.